The van der Waals surface area contributed by atoms with Crippen molar-refractivity contribution in [2.75, 3.05) is 26.4 Å². The molecule has 0 spiro atoms. The van der Waals surface area contributed by atoms with Gasteiger partial charge in [-0.15, -0.1) is 0 Å². The molecule has 12 heteroatoms. The highest BCUT2D eigenvalue weighted by Crippen LogP contribution is 2.43. The van der Waals surface area contributed by atoms with Crippen molar-refractivity contribution in [3.8, 4) is 0 Å². The van der Waals surface area contributed by atoms with E-state index in [1.54, 1.807) is 0 Å². The molecule has 1 aliphatic heterocycles. The monoisotopic (exact) mass is 815 g/mol. The lowest BCUT2D eigenvalue weighted by atomic mass is 10.0. The summed E-state index contributed by atoms with van der Waals surface area (Å²) in [7, 11) is -4.63. The van der Waals surface area contributed by atoms with Crippen molar-refractivity contribution in [3.63, 3.8) is 0 Å². The van der Waals surface area contributed by atoms with E-state index in [1.165, 1.54) is 89.9 Å². The molecule has 0 aromatic carbocycles. The zero-order chi connectivity index (χ0) is 41.0. The summed E-state index contributed by atoms with van der Waals surface area (Å²) in [6.07, 6.45) is 38.6. The maximum atomic E-state index is 12.6. The highest BCUT2D eigenvalue weighted by Gasteiger charge is 2.36. The Morgan fingerprint density at radius 3 is 1.71 bits per heavy atom. The third-order valence-corrected chi connectivity index (χ3v) is 10.7. The van der Waals surface area contributed by atoms with Gasteiger partial charge >= 0.3 is 19.8 Å². The number of allylic oxidation sites excluding steroid dienone is 4. The van der Waals surface area contributed by atoms with Crippen molar-refractivity contribution >= 4 is 19.8 Å². The van der Waals surface area contributed by atoms with Crippen molar-refractivity contribution < 1.29 is 52.5 Å². The Hall–Kier alpha value is -1.85. The molecule has 0 radical (unpaired) electrons. The first-order valence-electron chi connectivity index (χ1n) is 22.1. The molecule has 56 heavy (non-hydrogen) atoms. The number of carbonyl (C=O) groups is 2. The summed E-state index contributed by atoms with van der Waals surface area (Å²) in [5.74, 6) is -0.992. The van der Waals surface area contributed by atoms with Gasteiger partial charge < -0.3 is 29.3 Å². The number of phosphoric ester groups is 1. The molecule has 1 aliphatic rings. The highest BCUT2D eigenvalue weighted by molar-refractivity contribution is 7.47. The van der Waals surface area contributed by atoms with E-state index >= 15 is 0 Å². The molecule has 1 rings (SSSR count). The van der Waals surface area contributed by atoms with Crippen molar-refractivity contribution in [2.24, 2.45) is 0 Å². The fourth-order valence-electron chi connectivity index (χ4n) is 6.14. The maximum absolute atomic E-state index is 12.6. The first-order chi connectivity index (χ1) is 27.2. The van der Waals surface area contributed by atoms with Gasteiger partial charge in [0.15, 0.2) is 6.10 Å². The standard InChI is InChI=1S/C44H79O11P/c1-3-5-7-9-11-12-13-14-15-16-17-18-21-25-29-33-43(47)51-37-40(38-53-56(49,50)52-36-39(46)35-45)54-44(48)34-30-26-22-19-20-24-28-32-42-41(55-42)31-27-23-10-8-6-4-2/h19,22-24,27-28,39-42,45-46H,3-18,20-21,25-26,29-38H2,1-2H3,(H,49,50)/b22-19-,27-23-,28-24-/t39-,40+,41?,42?/m0/s1. The average Bonchev–Trinajstić information content (AvgIpc) is 3.94. The molecule has 3 N–H and O–H groups in total. The first-order valence-corrected chi connectivity index (χ1v) is 23.6. The van der Waals surface area contributed by atoms with E-state index in [2.05, 4.69) is 42.7 Å². The number of hydrogen-bond acceptors (Lipinski definition) is 10. The van der Waals surface area contributed by atoms with E-state index in [9.17, 15) is 24.2 Å². The summed E-state index contributed by atoms with van der Waals surface area (Å²) in [6, 6.07) is 0. The summed E-state index contributed by atoms with van der Waals surface area (Å²) in [6.45, 7) is 2.28. The Morgan fingerprint density at radius 1 is 0.625 bits per heavy atom. The molecule has 0 bridgehead atoms. The van der Waals surface area contributed by atoms with Gasteiger partial charge in [0, 0.05) is 12.8 Å². The van der Waals surface area contributed by atoms with Gasteiger partial charge in [-0.3, -0.25) is 18.6 Å². The van der Waals surface area contributed by atoms with Gasteiger partial charge in [-0.2, -0.15) is 0 Å². The van der Waals surface area contributed by atoms with Crippen LogP contribution in [0.25, 0.3) is 0 Å². The number of hydrogen-bond donors (Lipinski definition) is 3. The number of unbranched alkanes of at least 4 members (excludes halogenated alkanes) is 18. The van der Waals surface area contributed by atoms with Crippen LogP contribution in [0.15, 0.2) is 36.5 Å². The van der Waals surface area contributed by atoms with Gasteiger partial charge in [0.1, 0.15) is 12.7 Å². The smallest absolute Gasteiger partial charge is 0.462 e. The third kappa shape index (κ3) is 33.2. The van der Waals surface area contributed by atoms with Gasteiger partial charge in [0.25, 0.3) is 0 Å². The van der Waals surface area contributed by atoms with Crippen molar-refractivity contribution in [1.29, 1.82) is 0 Å². The lowest BCUT2D eigenvalue weighted by Gasteiger charge is -2.20. The summed E-state index contributed by atoms with van der Waals surface area (Å²) >= 11 is 0. The Labute approximate surface area is 339 Å². The predicted octanol–water partition coefficient (Wildman–Crippen LogP) is 10.5. The number of carbonyl (C=O) groups excluding carboxylic acids is 2. The van der Waals surface area contributed by atoms with Gasteiger partial charge in [0.05, 0.1) is 32.0 Å². The number of rotatable bonds is 40. The van der Waals surface area contributed by atoms with E-state index < -0.39 is 51.8 Å². The Kier molecular flexibility index (Phi) is 33.8. The van der Waals surface area contributed by atoms with Gasteiger partial charge in [0.2, 0.25) is 0 Å². The van der Waals surface area contributed by atoms with Gasteiger partial charge in [-0.1, -0.05) is 153 Å². The molecule has 5 atom stereocenters. The van der Waals surface area contributed by atoms with Crippen LogP contribution >= 0.6 is 7.82 Å². The Balaban J connectivity index is 2.28. The molecule has 0 aromatic rings. The number of phosphoric acid groups is 1. The molecule has 0 aliphatic carbocycles. The molecule has 1 saturated heterocycles. The first kappa shape index (κ1) is 52.2. The van der Waals surface area contributed by atoms with Gasteiger partial charge in [-0.25, -0.2) is 4.57 Å². The van der Waals surface area contributed by atoms with Gasteiger partial charge in [-0.05, 0) is 51.4 Å². The molecule has 1 heterocycles. The van der Waals surface area contributed by atoms with Crippen molar-refractivity contribution in [2.45, 2.75) is 205 Å². The summed E-state index contributed by atoms with van der Waals surface area (Å²) in [5.41, 5.74) is 0. The predicted molar refractivity (Wildman–Crippen MR) is 223 cm³/mol. The van der Waals surface area contributed by atoms with Crippen LogP contribution in [0.2, 0.25) is 0 Å². The fraction of sp³-hybridized carbons (Fsp3) is 0.818. The lowest BCUT2D eigenvalue weighted by molar-refractivity contribution is -0.161. The number of epoxide rings is 1. The van der Waals surface area contributed by atoms with Crippen LogP contribution < -0.4 is 0 Å². The highest BCUT2D eigenvalue weighted by atomic mass is 31.2. The average molecular weight is 815 g/mol. The Bertz CT molecular complexity index is 1090. The molecule has 11 nitrogen and oxygen atoms in total. The van der Waals surface area contributed by atoms with E-state index in [1.807, 2.05) is 12.2 Å². The van der Waals surface area contributed by atoms with Crippen LogP contribution in [0.1, 0.15) is 181 Å². The molecule has 0 saturated carbocycles. The molecular weight excluding hydrogens is 735 g/mol. The van der Waals surface area contributed by atoms with Crippen molar-refractivity contribution in [3.05, 3.63) is 36.5 Å². The number of ether oxygens (including phenoxy) is 3. The van der Waals surface area contributed by atoms with Crippen molar-refractivity contribution in [1.82, 2.24) is 0 Å². The number of esters is 2. The van der Waals surface area contributed by atoms with Crippen LogP contribution in [-0.2, 0) is 37.4 Å². The van der Waals surface area contributed by atoms with E-state index in [0.717, 1.165) is 44.9 Å². The normalized spacial score (nSPS) is 17.8. The molecule has 0 amide bonds. The second-order valence-electron chi connectivity index (χ2n) is 15.1. The maximum Gasteiger partial charge on any atom is 0.472 e. The van der Waals surface area contributed by atoms with Crippen LogP contribution in [0, 0.1) is 0 Å². The molecule has 3 unspecified atom stereocenters. The minimum Gasteiger partial charge on any atom is -0.462 e. The molecule has 0 aromatic heterocycles. The lowest BCUT2D eigenvalue weighted by Crippen LogP contribution is -2.29. The minimum absolute atomic E-state index is 0.104. The Morgan fingerprint density at radius 2 is 1.11 bits per heavy atom. The zero-order valence-electron chi connectivity index (χ0n) is 35.0. The molecular formula is C44H79O11P. The van der Waals surface area contributed by atoms with E-state index in [0.29, 0.717) is 31.5 Å². The van der Waals surface area contributed by atoms with Crippen LogP contribution in [0.4, 0.5) is 0 Å². The molecule has 326 valence electrons. The van der Waals surface area contributed by atoms with Crippen LogP contribution in [0.3, 0.4) is 0 Å². The second-order valence-corrected chi connectivity index (χ2v) is 16.6. The van der Waals surface area contributed by atoms with Crippen LogP contribution in [0.5, 0.6) is 0 Å². The zero-order valence-corrected chi connectivity index (χ0v) is 35.9. The summed E-state index contributed by atoms with van der Waals surface area (Å²) in [4.78, 5) is 35.0. The minimum atomic E-state index is -4.63. The van der Waals surface area contributed by atoms with Crippen LogP contribution in [-0.4, -0.2) is 77.9 Å². The SMILES string of the molecule is CCCCC/C=C\CC1OC1C/C=C\C/C=C\CCCC(=O)O[C@H](COC(=O)CCCCCCCCCCCCCCCCC)COP(=O)(O)OC[C@@H](O)CO. The van der Waals surface area contributed by atoms with E-state index in [4.69, 9.17) is 23.8 Å². The summed E-state index contributed by atoms with van der Waals surface area (Å²) < 4.78 is 38.4. The fourth-order valence-corrected chi connectivity index (χ4v) is 6.93. The second kappa shape index (κ2) is 36.2. The summed E-state index contributed by atoms with van der Waals surface area (Å²) in [5, 5.41) is 18.3. The largest absolute Gasteiger partial charge is 0.472 e. The van der Waals surface area contributed by atoms with E-state index in [-0.39, 0.29) is 19.4 Å². The quantitative estimate of drug-likeness (QED) is 0.0177. The number of aliphatic hydroxyl groups is 2. The third-order valence-electron chi connectivity index (χ3n) is 9.70. The topological polar surface area (TPSA) is 161 Å². The number of aliphatic hydroxyl groups excluding tert-OH is 2. The molecule has 1 fully saturated rings.